The molecule has 0 aliphatic carbocycles. The zero-order chi connectivity index (χ0) is 14.8. The largest absolute Gasteiger partial charge is 0.479 e. The van der Waals surface area contributed by atoms with Crippen molar-refractivity contribution in [2.24, 2.45) is 0 Å². The number of hydrogen-bond donors (Lipinski definition) is 2. The van der Waals surface area contributed by atoms with E-state index in [1.54, 1.807) is 20.8 Å². The molecule has 0 saturated carbocycles. The van der Waals surface area contributed by atoms with Gasteiger partial charge < -0.3 is 14.9 Å². The standard InChI is InChI=1S/C12H19NO6/c1-11(2,3)19-8(14)7-12(9(15)16)5-4-6-13(12)10(17)18/h4-7H2,1-3H3,(H,15,16)(H,17,18). The average molecular weight is 273 g/mol. The third-order valence-electron chi connectivity index (χ3n) is 2.97. The predicted octanol–water partition coefficient (Wildman–Crippen LogP) is 1.32. The summed E-state index contributed by atoms with van der Waals surface area (Å²) in [5.74, 6) is -2.01. The zero-order valence-corrected chi connectivity index (χ0v) is 11.3. The van der Waals surface area contributed by atoms with E-state index in [0.29, 0.717) is 6.42 Å². The van der Waals surface area contributed by atoms with Crippen LogP contribution in [0, 0.1) is 0 Å². The molecule has 1 fully saturated rings. The van der Waals surface area contributed by atoms with Crippen LogP contribution in [0.25, 0.3) is 0 Å². The zero-order valence-electron chi connectivity index (χ0n) is 11.3. The predicted molar refractivity (Wildman–Crippen MR) is 64.8 cm³/mol. The molecule has 1 aliphatic heterocycles. The van der Waals surface area contributed by atoms with Crippen LogP contribution in [-0.2, 0) is 14.3 Å². The summed E-state index contributed by atoms with van der Waals surface area (Å²) < 4.78 is 5.08. The van der Waals surface area contributed by atoms with Crippen molar-refractivity contribution >= 4 is 18.0 Å². The first-order chi connectivity index (χ1) is 8.58. The Morgan fingerprint density at radius 2 is 1.84 bits per heavy atom. The number of likely N-dealkylation sites (tertiary alicyclic amines) is 1. The van der Waals surface area contributed by atoms with Gasteiger partial charge in [0.2, 0.25) is 0 Å². The van der Waals surface area contributed by atoms with Crippen molar-refractivity contribution in [2.45, 2.75) is 51.2 Å². The molecule has 1 atom stereocenters. The first-order valence-electron chi connectivity index (χ1n) is 6.04. The number of carbonyl (C=O) groups excluding carboxylic acids is 1. The molecule has 7 nitrogen and oxygen atoms in total. The molecule has 7 heteroatoms. The van der Waals surface area contributed by atoms with Gasteiger partial charge in [0.05, 0.1) is 6.42 Å². The van der Waals surface area contributed by atoms with E-state index in [0.717, 1.165) is 4.90 Å². The Hall–Kier alpha value is -1.79. The number of hydrogen-bond acceptors (Lipinski definition) is 4. The summed E-state index contributed by atoms with van der Waals surface area (Å²) >= 11 is 0. The number of carboxylic acids is 1. The van der Waals surface area contributed by atoms with Crippen LogP contribution in [-0.4, -0.2) is 50.8 Å². The van der Waals surface area contributed by atoms with Crippen molar-refractivity contribution in [2.75, 3.05) is 6.54 Å². The van der Waals surface area contributed by atoms with E-state index in [1.807, 2.05) is 0 Å². The molecule has 1 saturated heterocycles. The quantitative estimate of drug-likeness (QED) is 0.751. The van der Waals surface area contributed by atoms with Gasteiger partial charge in [-0.05, 0) is 33.6 Å². The Morgan fingerprint density at radius 1 is 1.26 bits per heavy atom. The first-order valence-corrected chi connectivity index (χ1v) is 6.04. The molecule has 0 bridgehead atoms. The van der Waals surface area contributed by atoms with Gasteiger partial charge in [-0.2, -0.15) is 0 Å². The second-order valence-corrected chi connectivity index (χ2v) is 5.64. The lowest BCUT2D eigenvalue weighted by Gasteiger charge is -2.32. The van der Waals surface area contributed by atoms with Crippen molar-refractivity contribution < 1.29 is 29.3 Å². The number of ether oxygens (including phenoxy) is 1. The fraction of sp³-hybridized carbons (Fsp3) is 0.750. The molecule has 0 aromatic rings. The van der Waals surface area contributed by atoms with Crippen LogP contribution in [0.4, 0.5) is 4.79 Å². The lowest BCUT2D eigenvalue weighted by molar-refractivity contribution is -0.164. The Bertz CT molecular complexity index is 400. The molecule has 0 aromatic heterocycles. The van der Waals surface area contributed by atoms with Gasteiger partial charge in [-0.3, -0.25) is 9.69 Å². The molecule has 2 N–H and O–H groups in total. The smallest absolute Gasteiger partial charge is 0.408 e. The molecule has 0 radical (unpaired) electrons. The van der Waals surface area contributed by atoms with Gasteiger partial charge in [0, 0.05) is 6.54 Å². The maximum Gasteiger partial charge on any atom is 0.408 e. The molecule has 1 aliphatic rings. The van der Waals surface area contributed by atoms with E-state index in [4.69, 9.17) is 9.84 Å². The Morgan fingerprint density at radius 3 is 2.26 bits per heavy atom. The highest BCUT2D eigenvalue weighted by Crippen LogP contribution is 2.33. The van der Waals surface area contributed by atoms with Gasteiger partial charge in [0.25, 0.3) is 0 Å². The number of aliphatic carboxylic acids is 1. The van der Waals surface area contributed by atoms with Gasteiger partial charge in [-0.1, -0.05) is 0 Å². The molecular formula is C12H19NO6. The molecule has 1 rings (SSSR count). The van der Waals surface area contributed by atoms with Crippen molar-refractivity contribution in [3.8, 4) is 0 Å². The fourth-order valence-electron chi connectivity index (χ4n) is 2.26. The molecule has 1 heterocycles. The molecule has 0 aromatic carbocycles. The Labute approximate surface area is 111 Å². The molecule has 19 heavy (non-hydrogen) atoms. The minimum absolute atomic E-state index is 0.116. The van der Waals surface area contributed by atoms with Gasteiger partial charge in [0.15, 0.2) is 5.54 Å². The van der Waals surface area contributed by atoms with Gasteiger partial charge in [0.1, 0.15) is 5.60 Å². The van der Waals surface area contributed by atoms with Crippen LogP contribution in [0.5, 0.6) is 0 Å². The Kier molecular flexibility index (Phi) is 4.07. The number of carboxylic acid groups (broad SMARTS) is 2. The number of esters is 1. The third-order valence-corrected chi connectivity index (χ3v) is 2.97. The highest BCUT2D eigenvalue weighted by Gasteiger charge is 2.52. The maximum atomic E-state index is 11.8. The highest BCUT2D eigenvalue weighted by molar-refractivity contribution is 5.89. The van der Waals surface area contributed by atoms with E-state index in [9.17, 15) is 19.5 Å². The van der Waals surface area contributed by atoms with Crippen molar-refractivity contribution in [1.82, 2.24) is 4.90 Å². The summed E-state index contributed by atoms with van der Waals surface area (Å²) in [5.41, 5.74) is -2.43. The van der Waals surface area contributed by atoms with E-state index < -0.39 is 35.6 Å². The van der Waals surface area contributed by atoms with Crippen LogP contribution < -0.4 is 0 Å². The molecule has 1 unspecified atom stereocenters. The number of carbonyl (C=O) groups is 3. The lowest BCUT2D eigenvalue weighted by atomic mass is 9.92. The second-order valence-electron chi connectivity index (χ2n) is 5.64. The molecule has 108 valence electrons. The van der Waals surface area contributed by atoms with Crippen LogP contribution in [0.3, 0.4) is 0 Å². The van der Waals surface area contributed by atoms with Crippen LogP contribution in [0.1, 0.15) is 40.0 Å². The van der Waals surface area contributed by atoms with Crippen LogP contribution in [0.15, 0.2) is 0 Å². The third kappa shape index (κ3) is 3.36. The van der Waals surface area contributed by atoms with Gasteiger partial charge >= 0.3 is 18.0 Å². The topological polar surface area (TPSA) is 104 Å². The summed E-state index contributed by atoms with van der Waals surface area (Å²) in [5, 5.41) is 18.4. The van der Waals surface area contributed by atoms with E-state index in [-0.39, 0.29) is 13.0 Å². The normalized spacial score (nSPS) is 23.2. The number of amides is 1. The van der Waals surface area contributed by atoms with Gasteiger partial charge in [-0.15, -0.1) is 0 Å². The fourth-order valence-corrected chi connectivity index (χ4v) is 2.26. The van der Waals surface area contributed by atoms with Crippen LogP contribution in [0.2, 0.25) is 0 Å². The van der Waals surface area contributed by atoms with Crippen LogP contribution >= 0.6 is 0 Å². The van der Waals surface area contributed by atoms with Crippen molar-refractivity contribution in [1.29, 1.82) is 0 Å². The summed E-state index contributed by atoms with van der Waals surface area (Å²) in [6.07, 6.45) is -1.26. The van der Waals surface area contributed by atoms with Crippen molar-refractivity contribution in [3.05, 3.63) is 0 Å². The minimum Gasteiger partial charge on any atom is -0.479 e. The lowest BCUT2D eigenvalue weighted by Crippen LogP contribution is -2.54. The molecule has 0 spiro atoms. The number of nitrogens with zero attached hydrogens (tertiary/aromatic N) is 1. The summed E-state index contributed by atoms with van der Waals surface area (Å²) in [7, 11) is 0. The SMILES string of the molecule is CC(C)(C)OC(=O)CC1(C(=O)O)CCCN1C(=O)O. The number of rotatable bonds is 3. The summed E-state index contributed by atoms with van der Waals surface area (Å²) in [6.45, 7) is 5.12. The second kappa shape index (κ2) is 5.07. The van der Waals surface area contributed by atoms with E-state index in [2.05, 4.69) is 0 Å². The average Bonchev–Trinajstić information content (AvgIpc) is 2.59. The first kappa shape index (κ1) is 15.3. The van der Waals surface area contributed by atoms with Crippen molar-refractivity contribution in [3.63, 3.8) is 0 Å². The molecular weight excluding hydrogens is 254 g/mol. The monoisotopic (exact) mass is 273 g/mol. The summed E-state index contributed by atoms with van der Waals surface area (Å²) in [4.78, 5) is 35.1. The van der Waals surface area contributed by atoms with E-state index in [1.165, 1.54) is 0 Å². The van der Waals surface area contributed by atoms with Gasteiger partial charge in [-0.25, -0.2) is 9.59 Å². The summed E-state index contributed by atoms with van der Waals surface area (Å²) in [6, 6.07) is 0. The Balaban J connectivity index is 2.93. The van der Waals surface area contributed by atoms with E-state index >= 15 is 0 Å². The highest BCUT2D eigenvalue weighted by atomic mass is 16.6. The minimum atomic E-state index is -1.70. The molecule has 1 amide bonds. The maximum absolute atomic E-state index is 11.8.